The van der Waals surface area contributed by atoms with Gasteiger partial charge in [-0.3, -0.25) is 9.59 Å². The van der Waals surface area contributed by atoms with Crippen LogP contribution in [0.15, 0.2) is 24.3 Å². The number of carbonyl (C=O) groups is 2. The molecule has 3 rings (SSSR count). The lowest BCUT2D eigenvalue weighted by molar-refractivity contribution is -0.143. The fourth-order valence-corrected chi connectivity index (χ4v) is 2.73. The van der Waals surface area contributed by atoms with Gasteiger partial charge >= 0.3 is 5.97 Å². The van der Waals surface area contributed by atoms with E-state index in [0.29, 0.717) is 19.4 Å². The van der Waals surface area contributed by atoms with Crippen LogP contribution in [0.3, 0.4) is 0 Å². The lowest BCUT2D eigenvalue weighted by atomic mass is 9.90. The fourth-order valence-electron chi connectivity index (χ4n) is 2.73. The Morgan fingerprint density at radius 1 is 1.35 bits per heavy atom. The van der Waals surface area contributed by atoms with Crippen LogP contribution in [0.2, 0.25) is 0 Å². The summed E-state index contributed by atoms with van der Waals surface area (Å²) in [7, 11) is 0. The number of carboxylic acid groups (broad SMARTS) is 1. The molecule has 2 aliphatic rings. The predicted octanol–water partition coefficient (Wildman–Crippen LogP) is 0.854. The second kappa shape index (κ2) is 4.90. The quantitative estimate of drug-likeness (QED) is 0.761. The SMILES string of the molecule is O=C(NCC1(C(=O)O)CC1)C1CNCc2ccccc21. The summed E-state index contributed by atoms with van der Waals surface area (Å²) in [5.74, 6) is -1.12. The molecule has 1 heterocycles. The van der Waals surface area contributed by atoms with Crippen LogP contribution in [-0.2, 0) is 16.1 Å². The van der Waals surface area contributed by atoms with Crippen molar-refractivity contribution in [2.45, 2.75) is 25.3 Å². The zero-order valence-corrected chi connectivity index (χ0v) is 11.2. The molecule has 1 aromatic carbocycles. The zero-order valence-electron chi connectivity index (χ0n) is 11.2. The van der Waals surface area contributed by atoms with Crippen LogP contribution in [0.25, 0.3) is 0 Å². The summed E-state index contributed by atoms with van der Waals surface area (Å²) in [5, 5.41) is 15.2. The largest absolute Gasteiger partial charge is 0.481 e. The van der Waals surface area contributed by atoms with Crippen molar-refractivity contribution in [1.82, 2.24) is 10.6 Å². The summed E-state index contributed by atoms with van der Waals surface area (Å²) in [6.07, 6.45) is 1.31. The third kappa shape index (κ3) is 2.29. The van der Waals surface area contributed by atoms with Crippen molar-refractivity contribution in [1.29, 1.82) is 0 Å². The molecular formula is C15H18N2O3. The molecule has 20 heavy (non-hydrogen) atoms. The van der Waals surface area contributed by atoms with Crippen molar-refractivity contribution in [2.75, 3.05) is 13.1 Å². The molecular weight excluding hydrogens is 256 g/mol. The van der Waals surface area contributed by atoms with E-state index < -0.39 is 11.4 Å². The number of hydrogen-bond donors (Lipinski definition) is 3. The molecule has 106 valence electrons. The Bertz CT molecular complexity index is 552. The minimum absolute atomic E-state index is 0.0859. The van der Waals surface area contributed by atoms with Crippen molar-refractivity contribution in [3.8, 4) is 0 Å². The van der Waals surface area contributed by atoms with Gasteiger partial charge in [-0.25, -0.2) is 0 Å². The van der Waals surface area contributed by atoms with Gasteiger partial charge in [0.05, 0.1) is 11.3 Å². The van der Waals surface area contributed by atoms with Crippen molar-refractivity contribution >= 4 is 11.9 Å². The first-order valence-electron chi connectivity index (χ1n) is 6.92. The van der Waals surface area contributed by atoms with E-state index in [1.165, 1.54) is 0 Å². The summed E-state index contributed by atoms with van der Waals surface area (Å²) < 4.78 is 0. The average Bonchev–Trinajstić information content (AvgIpc) is 3.25. The van der Waals surface area contributed by atoms with Gasteiger partial charge in [0.15, 0.2) is 0 Å². The molecule has 1 saturated carbocycles. The normalized spacial score (nSPS) is 22.7. The third-order valence-corrected chi connectivity index (χ3v) is 4.32. The van der Waals surface area contributed by atoms with Gasteiger partial charge in [0.2, 0.25) is 5.91 Å². The van der Waals surface area contributed by atoms with E-state index in [0.717, 1.165) is 17.7 Å². The standard InChI is InChI=1S/C15H18N2O3/c18-13(17-9-15(5-6-15)14(19)20)12-8-16-7-10-3-1-2-4-11(10)12/h1-4,12,16H,5-9H2,(H,17,18)(H,19,20). The van der Waals surface area contributed by atoms with E-state index in [9.17, 15) is 9.59 Å². The van der Waals surface area contributed by atoms with Gasteiger partial charge < -0.3 is 15.7 Å². The molecule has 0 aromatic heterocycles. The molecule has 1 unspecified atom stereocenters. The Morgan fingerprint density at radius 2 is 2.10 bits per heavy atom. The summed E-state index contributed by atoms with van der Waals surface area (Å²) in [6, 6.07) is 7.89. The third-order valence-electron chi connectivity index (χ3n) is 4.32. The average molecular weight is 274 g/mol. The van der Waals surface area contributed by atoms with Crippen LogP contribution < -0.4 is 10.6 Å². The summed E-state index contributed by atoms with van der Waals surface area (Å²) >= 11 is 0. The number of hydrogen-bond acceptors (Lipinski definition) is 3. The highest BCUT2D eigenvalue weighted by molar-refractivity contribution is 5.86. The minimum Gasteiger partial charge on any atom is -0.481 e. The molecule has 1 aliphatic heterocycles. The lowest BCUT2D eigenvalue weighted by Gasteiger charge is -2.26. The fraction of sp³-hybridized carbons (Fsp3) is 0.467. The summed E-state index contributed by atoms with van der Waals surface area (Å²) in [6.45, 7) is 1.61. The maximum absolute atomic E-state index is 12.3. The van der Waals surface area contributed by atoms with E-state index >= 15 is 0 Å². The molecule has 1 atom stereocenters. The number of amides is 1. The second-order valence-corrected chi connectivity index (χ2v) is 5.69. The van der Waals surface area contributed by atoms with Gasteiger partial charge in [-0.2, -0.15) is 0 Å². The highest BCUT2D eigenvalue weighted by Gasteiger charge is 2.50. The van der Waals surface area contributed by atoms with E-state index in [2.05, 4.69) is 10.6 Å². The number of aliphatic carboxylic acids is 1. The predicted molar refractivity (Wildman–Crippen MR) is 73.2 cm³/mol. The van der Waals surface area contributed by atoms with Gasteiger partial charge in [0, 0.05) is 19.6 Å². The second-order valence-electron chi connectivity index (χ2n) is 5.69. The molecule has 1 aromatic rings. The molecule has 1 amide bonds. The molecule has 1 fully saturated rings. The molecule has 0 spiro atoms. The Hall–Kier alpha value is -1.88. The molecule has 1 aliphatic carbocycles. The topological polar surface area (TPSA) is 78.4 Å². The molecule has 5 heteroatoms. The van der Waals surface area contributed by atoms with Gasteiger partial charge in [0.1, 0.15) is 0 Å². The van der Waals surface area contributed by atoms with E-state index in [4.69, 9.17) is 5.11 Å². The van der Waals surface area contributed by atoms with Gasteiger partial charge in [0.25, 0.3) is 0 Å². The Labute approximate surface area is 117 Å². The summed E-state index contributed by atoms with van der Waals surface area (Å²) in [4.78, 5) is 23.4. The van der Waals surface area contributed by atoms with Crippen LogP contribution in [0.1, 0.15) is 29.9 Å². The van der Waals surface area contributed by atoms with Crippen LogP contribution in [0.4, 0.5) is 0 Å². The van der Waals surface area contributed by atoms with Crippen molar-refractivity contribution in [3.63, 3.8) is 0 Å². The van der Waals surface area contributed by atoms with Crippen molar-refractivity contribution in [3.05, 3.63) is 35.4 Å². The number of fused-ring (bicyclic) bond motifs is 1. The smallest absolute Gasteiger partial charge is 0.311 e. The van der Waals surface area contributed by atoms with Crippen LogP contribution in [0.5, 0.6) is 0 Å². The molecule has 0 radical (unpaired) electrons. The Balaban J connectivity index is 1.68. The number of benzene rings is 1. The van der Waals surface area contributed by atoms with E-state index in [1.54, 1.807) is 0 Å². The number of rotatable bonds is 4. The Morgan fingerprint density at radius 3 is 2.80 bits per heavy atom. The van der Waals surface area contributed by atoms with Crippen LogP contribution in [0, 0.1) is 5.41 Å². The van der Waals surface area contributed by atoms with Crippen LogP contribution >= 0.6 is 0 Å². The van der Waals surface area contributed by atoms with E-state index in [-0.39, 0.29) is 18.4 Å². The molecule has 5 nitrogen and oxygen atoms in total. The first-order chi connectivity index (χ1) is 9.62. The van der Waals surface area contributed by atoms with E-state index in [1.807, 2.05) is 24.3 Å². The monoisotopic (exact) mass is 274 g/mol. The van der Waals surface area contributed by atoms with Crippen molar-refractivity contribution < 1.29 is 14.7 Å². The molecule has 0 bridgehead atoms. The first-order valence-corrected chi connectivity index (χ1v) is 6.92. The highest BCUT2D eigenvalue weighted by atomic mass is 16.4. The maximum Gasteiger partial charge on any atom is 0.311 e. The molecule has 0 saturated heterocycles. The van der Waals surface area contributed by atoms with Crippen LogP contribution in [-0.4, -0.2) is 30.1 Å². The van der Waals surface area contributed by atoms with Crippen molar-refractivity contribution in [2.24, 2.45) is 5.41 Å². The number of carbonyl (C=O) groups excluding carboxylic acids is 1. The lowest BCUT2D eigenvalue weighted by Crippen LogP contribution is -2.42. The first kappa shape index (κ1) is 13.1. The number of carboxylic acids is 1. The van der Waals surface area contributed by atoms with Gasteiger partial charge in [-0.05, 0) is 24.0 Å². The van der Waals surface area contributed by atoms with Gasteiger partial charge in [-0.15, -0.1) is 0 Å². The Kier molecular flexibility index (Phi) is 3.22. The highest BCUT2D eigenvalue weighted by Crippen LogP contribution is 2.45. The molecule has 3 N–H and O–H groups in total. The van der Waals surface area contributed by atoms with Gasteiger partial charge in [-0.1, -0.05) is 24.3 Å². The zero-order chi connectivity index (χ0) is 14.2. The minimum atomic E-state index is -0.806. The number of nitrogens with one attached hydrogen (secondary N) is 2. The summed E-state index contributed by atoms with van der Waals surface area (Å²) in [5.41, 5.74) is 1.47. The maximum atomic E-state index is 12.3.